The molecule has 0 bridgehead atoms. The van der Waals surface area contributed by atoms with Gasteiger partial charge in [0.15, 0.2) is 0 Å². The Bertz CT molecular complexity index is 1370. The summed E-state index contributed by atoms with van der Waals surface area (Å²) in [7, 11) is 2.72. The Kier molecular flexibility index (Phi) is 7.18. The first-order valence-corrected chi connectivity index (χ1v) is 11.0. The summed E-state index contributed by atoms with van der Waals surface area (Å²) in [4.78, 5) is 39.4. The summed E-state index contributed by atoms with van der Waals surface area (Å²) in [5, 5.41) is 2.51. The number of anilines is 1. The van der Waals surface area contributed by atoms with E-state index in [1.807, 2.05) is 0 Å². The van der Waals surface area contributed by atoms with Crippen LogP contribution < -0.4 is 25.2 Å². The topological polar surface area (TPSA) is 89.9 Å². The van der Waals surface area contributed by atoms with E-state index in [0.29, 0.717) is 0 Å². The average Bonchev–Trinajstić information content (AvgIpc) is 3.16. The fraction of sp³-hybridized carbons (Fsp3) is 0.240. The quantitative estimate of drug-likeness (QED) is 0.485. The molecule has 1 N–H and O–H groups in total. The Hall–Kier alpha value is -4.35. The van der Waals surface area contributed by atoms with Gasteiger partial charge in [0.25, 0.3) is 5.91 Å². The number of hydrogen-bond donors (Lipinski definition) is 1. The Morgan fingerprint density at radius 1 is 1.03 bits per heavy atom. The number of alkyl halides is 2. The number of nitrogens with zero attached hydrogens (tertiary/aromatic N) is 2. The van der Waals surface area contributed by atoms with Crippen LogP contribution in [0.4, 0.5) is 23.2 Å². The van der Waals surface area contributed by atoms with Crippen LogP contribution in [-0.2, 0) is 11.8 Å². The lowest BCUT2D eigenvalue weighted by Gasteiger charge is -2.20. The van der Waals surface area contributed by atoms with Gasteiger partial charge in [-0.3, -0.25) is 14.4 Å². The fourth-order valence-corrected chi connectivity index (χ4v) is 4.17. The van der Waals surface area contributed by atoms with Crippen LogP contribution in [0.1, 0.15) is 21.8 Å². The second-order valence-corrected chi connectivity index (χ2v) is 8.25. The Morgan fingerprint density at radius 2 is 1.68 bits per heavy atom. The second-order valence-electron chi connectivity index (χ2n) is 8.25. The summed E-state index contributed by atoms with van der Waals surface area (Å²) < 4.78 is 65.2. The highest BCUT2D eigenvalue weighted by Gasteiger charge is 2.45. The number of aryl methyl sites for hydroxylation is 1. The number of aromatic nitrogens is 1. The molecule has 2 amide bonds. The van der Waals surface area contributed by atoms with E-state index in [0.717, 1.165) is 24.3 Å². The molecule has 2 heterocycles. The highest BCUT2D eigenvalue weighted by Crippen LogP contribution is 2.36. The molecule has 1 aliphatic heterocycles. The molecule has 1 fully saturated rings. The van der Waals surface area contributed by atoms with Crippen LogP contribution in [0.15, 0.2) is 59.5 Å². The molecule has 3 aromatic rings. The van der Waals surface area contributed by atoms with Crippen LogP contribution in [-0.4, -0.2) is 42.7 Å². The van der Waals surface area contributed by atoms with E-state index < -0.39 is 47.6 Å². The van der Waals surface area contributed by atoms with Crippen molar-refractivity contribution in [1.82, 2.24) is 9.88 Å². The molecule has 0 spiro atoms. The molecule has 0 aliphatic carbocycles. The number of carbonyl (C=O) groups is 2. The fourth-order valence-electron chi connectivity index (χ4n) is 4.17. The zero-order chi connectivity index (χ0) is 26.9. The van der Waals surface area contributed by atoms with Crippen molar-refractivity contribution in [3.63, 3.8) is 0 Å². The van der Waals surface area contributed by atoms with Gasteiger partial charge < -0.3 is 24.3 Å². The minimum Gasteiger partial charge on any atom is -0.497 e. The van der Waals surface area contributed by atoms with Gasteiger partial charge in [-0.1, -0.05) is 0 Å². The summed E-state index contributed by atoms with van der Waals surface area (Å²) in [6, 6.07) is 7.89. The Morgan fingerprint density at radius 3 is 2.24 bits per heavy atom. The van der Waals surface area contributed by atoms with Gasteiger partial charge in [0.2, 0.25) is 11.5 Å². The van der Waals surface area contributed by atoms with Crippen LogP contribution in [0.5, 0.6) is 11.5 Å². The first kappa shape index (κ1) is 25.7. The smallest absolute Gasteiger partial charge is 0.387 e. The molecule has 1 saturated heterocycles. The largest absolute Gasteiger partial charge is 0.497 e. The summed E-state index contributed by atoms with van der Waals surface area (Å²) in [6.45, 7) is -3.25. The molecule has 1 aliphatic rings. The van der Waals surface area contributed by atoms with Gasteiger partial charge in [-0.25, -0.2) is 8.78 Å². The first-order valence-electron chi connectivity index (χ1n) is 11.0. The molecule has 12 heteroatoms. The average molecular weight is 519 g/mol. The molecule has 4 rings (SSSR count). The summed E-state index contributed by atoms with van der Waals surface area (Å²) in [6.07, 6.45) is 1.39. The van der Waals surface area contributed by atoms with Crippen molar-refractivity contribution < 1.29 is 36.6 Å². The molecule has 37 heavy (non-hydrogen) atoms. The SMILES string of the molecule is COc1cc(F)c([C@@H]2CN(c3ccc(=O)n(C)c3)C(=O)[C@H]2NC(=O)c2ccc(OC(F)F)cc2)c(F)c1. The predicted octanol–water partition coefficient (Wildman–Crippen LogP) is 3.20. The highest BCUT2D eigenvalue weighted by atomic mass is 19.3. The number of hydrogen-bond acceptors (Lipinski definition) is 5. The van der Waals surface area contributed by atoms with Crippen LogP contribution in [0.2, 0.25) is 0 Å². The maximum Gasteiger partial charge on any atom is 0.387 e. The lowest BCUT2D eigenvalue weighted by atomic mass is 9.92. The number of nitrogens with one attached hydrogen (secondary N) is 1. The van der Waals surface area contributed by atoms with Gasteiger partial charge in [-0.15, -0.1) is 0 Å². The summed E-state index contributed by atoms with van der Waals surface area (Å²) in [5.74, 6) is -4.77. The number of ether oxygens (including phenoxy) is 2. The molecular weight excluding hydrogens is 498 g/mol. The van der Waals surface area contributed by atoms with Crippen molar-refractivity contribution in [2.75, 3.05) is 18.6 Å². The summed E-state index contributed by atoms with van der Waals surface area (Å²) >= 11 is 0. The number of benzene rings is 2. The number of carbonyl (C=O) groups excluding carboxylic acids is 2. The van der Waals surface area contributed by atoms with Gasteiger partial charge in [-0.2, -0.15) is 8.78 Å². The van der Waals surface area contributed by atoms with Crippen molar-refractivity contribution in [3.05, 3.63) is 87.8 Å². The molecule has 2 aromatic carbocycles. The maximum atomic E-state index is 15.0. The zero-order valence-electron chi connectivity index (χ0n) is 19.6. The van der Waals surface area contributed by atoms with Gasteiger partial charge >= 0.3 is 6.61 Å². The van der Waals surface area contributed by atoms with E-state index in [2.05, 4.69) is 10.1 Å². The maximum absolute atomic E-state index is 15.0. The molecule has 1 aromatic heterocycles. The third-order valence-corrected chi connectivity index (χ3v) is 5.98. The van der Waals surface area contributed by atoms with Crippen molar-refractivity contribution in [2.45, 2.75) is 18.6 Å². The molecule has 2 atom stereocenters. The van der Waals surface area contributed by atoms with Crippen molar-refractivity contribution in [2.24, 2.45) is 7.05 Å². The number of halogens is 4. The Labute approximate surface area is 208 Å². The van der Waals surface area contributed by atoms with Gasteiger partial charge in [0, 0.05) is 55.0 Å². The number of rotatable bonds is 7. The minimum absolute atomic E-state index is 0.00407. The summed E-state index contributed by atoms with van der Waals surface area (Å²) in [5.41, 5.74) is -0.461. The van der Waals surface area contributed by atoms with E-state index in [1.54, 1.807) is 0 Å². The van der Waals surface area contributed by atoms with Gasteiger partial charge in [-0.05, 0) is 30.3 Å². The van der Waals surface area contributed by atoms with Gasteiger partial charge in [0.05, 0.1) is 12.8 Å². The Balaban J connectivity index is 1.70. The lowest BCUT2D eigenvalue weighted by Crippen LogP contribution is -2.44. The van der Waals surface area contributed by atoms with E-state index in [9.17, 15) is 23.2 Å². The normalized spacial score (nSPS) is 17.3. The van der Waals surface area contributed by atoms with Crippen LogP contribution in [0.25, 0.3) is 0 Å². The van der Waals surface area contributed by atoms with Crippen molar-refractivity contribution in [1.29, 1.82) is 0 Å². The number of amides is 2. The molecule has 194 valence electrons. The second kappa shape index (κ2) is 10.3. The van der Waals surface area contributed by atoms with Crippen LogP contribution in [0, 0.1) is 11.6 Å². The van der Waals surface area contributed by atoms with E-state index >= 15 is 8.78 Å². The molecule has 8 nitrogen and oxygen atoms in total. The number of pyridine rings is 1. The lowest BCUT2D eigenvalue weighted by molar-refractivity contribution is -0.118. The van der Waals surface area contributed by atoms with Crippen molar-refractivity contribution in [3.8, 4) is 11.5 Å². The van der Waals surface area contributed by atoms with Crippen molar-refractivity contribution >= 4 is 17.5 Å². The third kappa shape index (κ3) is 5.27. The highest BCUT2D eigenvalue weighted by molar-refractivity contribution is 6.05. The van der Waals surface area contributed by atoms with E-state index in [1.165, 1.54) is 54.1 Å². The first-order chi connectivity index (χ1) is 17.6. The molecule has 0 saturated carbocycles. The van der Waals surface area contributed by atoms with E-state index in [-0.39, 0.29) is 34.9 Å². The van der Waals surface area contributed by atoms with Crippen LogP contribution in [0.3, 0.4) is 0 Å². The molecular formula is C25H21F4N3O5. The van der Waals surface area contributed by atoms with Gasteiger partial charge in [0.1, 0.15) is 29.2 Å². The third-order valence-electron chi connectivity index (χ3n) is 5.98. The van der Waals surface area contributed by atoms with Crippen LogP contribution >= 0.6 is 0 Å². The minimum atomic E-state index is -3.05. The zero-order valence-corrected chi connectivity index (χ0v) is 19.6. The predicted molar refractivity (Wildman–Crippen MR) is 124 cm³/mol. The van der Waals surface area contributed by atoms with E-state index in [4.69, 9.17) is 4.74 Å². The number of methoxy groups -OCH3 is 1. The molecule has 0 unspecified atom stereocenters. The monoisotopic (exact) mass is 519 g/mol. The standard InChI is InChI=1S/C25H21F4N3O5/c1-31-11-14(5-8-20(31)33)32-12-17(21-18(26)9-16(36-2)10-19(21)27)22(24(32)35)30-23(34)13-3-6-15(7-4-13)37-25(28)29/h3-11,17,22,25H,12H2,1-2H3,(H,30,34)/t17-,22-/m0/s1. The molecule has 0 radical (unpaired) electrons.